The molecule has 0 bridgehead atoms. The van der Waals surface area contributed by atoms with Gasteiger partial charge in [0.05, 0.1) is 7.11 Å². The summed E-state index contributed by atoms with van der Waals surface area (Å²) in [5, 5.41) is 14.1. The summed E-state index contributed by atoms with van der Waals surface area (Å²) in [6, 6.07) is 16.1. The number of aryl methyl sites for hydroxylation is 1. The van der Waals surface area contributed by atoms with Crippen molar-refractivity contribution in [3.63, 3.8) is 0 Å². The van der Waals surface area contributed by atoms with Crippen LogP contribution in [-0.4, -0.2) is 41.9 Å². The Balaban J connectivity index is 1.82. The zero-order valence-corrected chi connectivity index (χ0v) is 20.6. The van der Waals surface area contributed by atoms with Gasteiger partial charge in [0.2, 0.25) is 0 Å². The number of rotatable bonds is 15. The average Bonchev–Trinajstić information content (AvgIpc) is 2.81. The SMILES string of the molecule is CCCCCCCCN(CCCc1ccc(O)c(OC)c1)C(=S)NCCc1ccccc1. The fourth-order valence-corrected chi connectivity index (χ4v) is 4.10. The van der Waals surface area contributed by atoms with Gasteiger partial charge in [-0.3, -0.25) is 0 Å². The van der Waals surface area contributed by atoms with Crippen LogP contribution in [0.3, 0.4) is 0 Å². The highest BCUT2D eigenvalue weighted by atomic mass is 32.1. The summed E-state index contributed by atoms with van der Waals surface area (Å²) in [4.78, 5) is 2.33. The van der Waals surface area contributed by atoms with Gasteiger partial charge in [-0.2, -0.15) is 0 Å². The maximum Gasteiger partial charge on any atom is 0.168 e. The fraction of sp³-hybridized carbons (Fsp3) is 0.519. The van der Waals surface area contributed by atoms with Crippen LogP contribution in [-0.2, 0) is 12.8 Å². The molecular formula is C27H40N2O2S. The molecule has 2 rings (SSSR count). The summed E-state index contributed by atoms with van der Waals surface area (Å²) < 4.78 is 5.23. The Morgan fingerprint density at radius 2 is 1.62 bits per heavy atom. The standard InChI is InChI=1S/C27H40N2O2S/c1-3-4-5-6-7-11-20-29(27(32)28-19-18-23-13-9-8-10-14-23)21-12-15-24-16-17-25(30)26(22-24)31-2/h8-10,13-14,16-17,22,30H,3-7,11-12,15,18-21H2,1-2H3,(H,28,32). The topological polar surface area (TPSA) is 44.7 Å². The second-order valence-electron chi connectivity index (χ2n) is 8.33. The number of benzene rings is 2. The number of nitrogens with zero attached hydrogens (tertiary/aromatic N) is 1. The van der Waals surface area contributed by atoms with Crippen molar-refractivity contribution in [3.8, 4) is 11.5 Å². The van der Waals surface area contributed by atoms with Gasteiger partial charge >= 0.3 is 0 Å². The molecule has 0 saturated heterocycles. The molecule has 2 aromatic carbocycles. The largest absolute Gasteiger partial charge is 0.504 e. The number of nitrogens with one attached hydrogen (secondary N) is 1. The second kappa shape index (κ2) is 15.5. The van der Waals surface area contributed by atoms with Crippen LogP contribution in [0.1, 0.15) is 63.0 Å². The number of hydrogen-bond donors (Lipinski definition) is 2. The van der Waals surface area contributed by atoms with Crippen LogP contribution in [0.15, 0.2) is 48.5 Å². The Morgan fingerprint density at radius 3 is 2.38 bits per heavy atom. The van der Waals surface area contributed by atoms with Crippen molar-refractivity contribution >= 4 is 17.3 Å². The van der Waals surface area contributed by atoms with Gasteiger partial charge in [0.15, 0.2) is 16.6 Å². The number of hydrogen-bond acceptors (Lipinski definition) is 3. The number of phenols is 1. The Labute approximate surface area is 200 Å². The van der Waals surface area contributed by atoms with E-state index in [2.05, 4.69) is 41.4 Å². The second-order valence-corrected chi connectivity index (χ2v) is 8.72. The van der Waals surface area contributed by atoms with E-state index in [4.69, 9.17) is 17.0 Å². The molecule has 4 nitrogen and oxygen atoms in total. The molecule has 176 valence electrons. The maximum atomic E-state index is 9.80. The van der Waals surface area contributed by atoms with E-state index in [0.717, 1.165) is 44.0 Å². The predicted molar refractivity (Wildman–Crippen MR) is 139 cm³/mol. The van der Waals surface area contributed by atoms with Crippen LogP contribution in [0.5, 0.6) is 11.5 Å². The van der Waals surface area contributed by atoms with Crippen LogP contribution >= 0.6 is 12.2 Å². The molecule has 0 aromatic heterocycles. The van der Waals surface area contributed by atoms with E-state index in [1.54, 1.807) is 13.2 Å². The minimum absolute atomic E-state index is 0.185. The van der Waals surface area contributed by atoms with Gasteiger partial charge in [-0.1, -0.05) is 75.4 Å². The molecule has 0 aliphatic heterocycles. The minimum Gasteiger partial charge on any atom is -0.504 e. The highest BCUT2D eigenvalue weighted by molar-refractivity contribution is 7.80. The molecule has 0 aliphatic carbocycles. The fourth-order valence-electron chi connectivity index (χ4n) is 3.82. The van der Waals surface area contributed by atoms with Crippen molar-refractivity contribution in [2.75, 3.05) is 26.7 Å². The minimum atomic E-state index is 0.185. The van der Waals surface area contributed by atoms with Gasteiger partial charge in [0.1, 0.15) is 0 Å². The molecule has 0 saturated carbocycles. The van der Waals surface area contributed by atoms with Gasteiger partial charge in [-0.15, -0.1) is 0 Å². The Morgan fingerprint density at radius 1 is 0.906 bits per heavy atom. The molecule has 0 unspecified atom stereocenters. The molecule has 0 fully saturated rings. The van der Waals surface area contributed by atoms with Gasteiger partial charge in [-0.05, 0) is 61.2 Å². The first-order valence-electron chi connectivity index (χ1n) is 12.1. The number of ether oxygens (including phenoxy) is 1. The highest BCUT2D eigenvalue weighted by Gasteiger charge is 2.10. The number of aromatic hydroxyl groups is 1. The van der Waals surface area contributed by atoms with E-state index in [1.165, 1.54) is 49.7 Å². The molecular weight excluding hydrogens is 416 g/mol. The number of thiocarbonyl (C=S) groups is 1. The lowest BCUT2D eigenvalue weighted by Crippen LogP contribution is -2.41. The predicted octanol–water partition coefficient (Wildman–Crippen LogP) is 6.11. The maximum absolute atomic E-state index is 9.80. The van der Waals surface area contributed by atoms with Crippen LogP contribution < -0.4 is 10.1 Å². The van der Waals surface area contributed by atoms with Crippen LogP contribution in [0, 0.1) is 0 Å². The van der Waals surface area contributed by atoms with Gasteiger partial charge in [0, 0.05) is 19.6 Å². The summed E-state index contributed by atoms with van der Waals surface area (Å²) in [7, 11) is 1.58. The Kier molecular flexibility index (Phi) is 12.6. The van der Waals surface area contributed by atoms with Crippen LogP contribution in [0.2, 0.25) is 0 Å². The Bertz CT molecular complexity index is 782. The summed E-state index contributed by atoms with van der Waals surface area (Å²) in [5.74, 6) is 0.717. The third kappa shape index (κ3) is 9.90. The van der Waals surface area contributed by atoms with Crippen LogP contribution in [0.25, 0.3) is 0 Å². The highest BCUT2D eigenvalue weighted by Crippen LogP contribution is 2.26. The van der Waals surface area contributed by atoms with Crippen molar-refractivity contribution in [2.45, 2.75) is 64.7 Å². The summed E-state index contributed by atoms with van der Waals surface area (Å²) in [5.41, 5.74) is 2.49. The van der Waals surface area contributed by atoms with Crippen molar-refractivity contribution in [3.05, 3.63) is 59.7 Å². The average molecular weight is 457 g/mol. The zero-order valence-electron chi connectivity index (χ0n) is 19.8. The first kappa shape index (κ1) is 26.0. The normalized spacial score (nSPS) is 10.7. The first-order chi connectivity index (χ1) is 15.6. The molecule has 0 atom stereocenters. The van der Waals surface area contributed by atoms with Crippen molar-refractivity contribution in [1.82, 2.24) is 10.2 Å². The van der Waals surface area contributed by atoms with Gasteiger partial charge < -0.3 is 20.1 Å². The van der Waals surface area contributed by atoms with E-state index in [9.17, 15) is 5.11 Å². The molecule has 32 heavy (non-hydrogen) atoms. The molecule has 0 radical (unpaired) electrons. The lowest BCUT2D eigenvalue weighted by Gasteiger charge is -2.26. The van der Waals surface area contributed by atoms with Crippen molar-refractivity contribution in [1.29, 1.82) is 0 Å². The quantitative estimate of drug-likeness (QED) is 0.250. The van der Waals surface area contributed by atoms with E-state index in [0.29, 0.717) is 5.75 Å². The summed E-state index contributed by atoms with van der Waals surface area (Å²) in [6.45, 7) is 5.04. The molecule has 2 N–H and O–H groups in total. The van der Waals surface area contributed by atoms with Gasteiger partial charge in [0.25, 0.3) is 0 Å². The van der Waals surface area contributed by atoms with E-state index >= 15 is 0 Å². The zero-order chi connectivity index (χ0) is 23.0. The van der Waals surface area contributed by atoms with Crippen molar-refractivity contribution in [2.24, 2.45) is 0 Å². The number of phenolic OH excluding ortho intramolecular Hbond substituents is 1. The summed E-state index contributed by atoms with van der Waals surface area (Å²) >= 11 is 5.76. The molecule has 2 aromatic rings. The third-order valence-electron chi connectivity index (χ3n) is 5.74. The van der Waals surface area contributed by atoms with E-state index in [1.807, 2.05) is 18.2 Å². The molecule has 5 heteroatoms. The Hall–Kier alpha value is -2.27. The lowest BCUT2D eigenvalue weighted by atomic mass is 10.1. The molecule has 0 spiro atoms. The number of unbranched alkanes of at least 4 members (excludes halogenated alkanes) is 5. The smallest absolute Gasteiger partial charge is 0.168 e. The van der Waals surface area contributed by atoms with Crippen molar-refractivity contribution < 1.29 is 9.84 Å². The molecule has 0 aliphatic rings. The lowest BCUT2D eigenvalue weighted by molar-refractivity contribution is 0.372. The van der Waals surface area contributed by atoms with Gasteiger partial charge in [-0.25, -0.2) is 0 Å². The van der Waals surface area contributed by atoms with E-state index < -0.39 is 0 Å². The monoisotopic (exact) mass is 456 g/mol. The van der Waals surface area contributed by atoms with E-state index in [-0.39, 0.29) is 5.75 Å². The number of methoxy groups -OCH3 is 1. The van der Waals surface area contributed by atoms with Crippen LogP contribution in [0.4, 0.5) is 0 Å². The first-order valence-corrected chi connectivity index (χ1v) is 12.5. The molecule has 0 amide bonds. The third-order valence-corrected chi connectivity index (χ3v) is 6.14. The molecule has 0 heterocycles. The summed E-state index contributed by atoms with van der Waals surface area (Å²) in [6.07, 6.45) is 10.6.